The highest BCUT2D eigenvalue weighted by Crippen LogP contribution is 2.25. The molecule has 82 valence electrons. The molecule has 1 saturated heterocycles. The average Bonchev–Trinajstić information content (AvgIpc) is 2.48. The average molecular weight is 202 g/mol. The number of aliphatic hydroxyl groups excluding tert-OH is 1. The van der Waals surface area contributed by atoms with E-state index < -0.39 is 5.79 Å². The molecule has 4 heteroatoms. The number of aliphatic hydroxyl groups is 1. The summed E-state index contributed by atoms with van der Waals surface area (Å²) in [6.45, 7) is 8.02. The predicted molar refractivity (Wildman–Crippen MR) is 51.9 cm³/mol. The van der Waals surface area contributed by atoms with Gasteiger partial charge in [-0.1, -0.05) is 6.08 Å². The summed E-state index contributed by atoms with van der Waals surface area (Å²) in [7, 11) is 0. The molecule has 4 nitrogen and oxygen atoms in total. The van der Waals surface area contributed by atoms with Crippen molar-refractivity contribution in [2.24, 2.45) is 0 Å². The van der Waals surface area contributed by atoms with E-state index in [1.807, 2.05) is 13.8 Å². The summed E-state index contributed by atoms with van der Waals surface area (Å²) in [5, 5.41) is 9.09. The Balaban J connectivity index is 2.42. The van der Waals surface area contributed by atoms with Crippen LogP contribution in [0.1, 0.15) is 13.8 Å². The molecule has 0 aliphatic carbocycles. The predicted octanol–water partition coefficient (Wildman–Crippen LogP) is 0.701. The molecule has 0 aromatic heterocycles. The summed E-state index contributed by atoms with van der Waals surface area (Å²) in [5.41, 5.74) is 0. The largest absolute Gasteiger partial charge is 0.394 e. The molecule has 0 bridgehead atoms. The third kappa shape index (κ3) is 3.06. The third-order valence-electron chi connectivity index (χ3n) is 2.05. The van der Waals surface area contributed by atoms with Gasteiger partial charge in [0.05, 0.1) is 19.8 Å². The molecule has 0 saturated carbocycles. The van der Waals surface area contributed by atoms with Gasteiger partial charge in [-0.05, 0) is 13.8 Å². The minimum absolute atomic E-state index is 0.0715. The Bertz CT molecular complexity index is 191. The highest BCUT2D eigenvalue weighted by atomic mass is 16.7. The zero-order valence-corrected chi connectivity index (χ0v) is 8.73. The number of rotatable bonds is 5. The van der Waals surface area contributed by atoms with Crippen LogP contribution in [0, 0.1) is 0 Å². The minimum Gasteiger partial charge on any atom is -0.394 e. The molecule has 14 heavy (non-hydrogen) atoms. The van der Waals surface area contributed by atoms with Gasteiger partial charge in [-0.2, -0.15) is 0 Å². The Kier molecular flexibility index (Phi) is 4.07. The molecular weight excluding hydrogens is 184 g/mol. The quantitative estimate of drug-likeness (QED) is 0.667. The number of hydrogen-bond acceptors (Lipinski definition) is 4. The zero-order chi connectivity index (χ0) is 10.6. The second kappa shape index (κ2) is 4.89. The van der Waals surface area contributed by atoms with Gasteiger partial charge in [-0.25, -0.2) is 0 Å². The second-order valence-electron chi connectivity index (χ2n) is 3.71. The first kappa shape index (κ1) is 11.7. The molecule has 1 heterocycles. The Morgan fingerprint density at radius 1 is 1.71 bits per heavy atom. The van der Waals surface area contributed by atoms with Gasteiger partial charge in [0.1, 0.15) is 12.2 Å². The highest BCUT2D eigenvalue weighted by molar-refractivity contribution is 4.79. The van der Waals surface area contributed by atoms with Crippen LogP contribution in [0.5, 0.6) is 0 Å². The van der Waals surface area contributed by atoms with E-state index >= 15 is 0 Å². The van der Waals surface area contributed by atoms with Crippen LogP contribution in [0.3, 0.4) is 0 Å². The Hall–Kier alpha value is -0.420. The lowest BCUT2D eigenvalue weighted by molar-refractivity contribution is -0.159. The van der Waals surface area contributed by atoms with Crippen molar-refractivity contribution in [3.63, 3.8) is 0 Å². The van der Waals surface area contributed by atoms with Gasteiger partial charge in [0, 0.05) is 0 Å². The van der Waals surface area contributed by atoms with Crippen molar-refractivity contribution in [3.05, 3.63) is 12.7 Å². The lowest BCUT2D eigenvalue weighted by Gasteiger charge is -2.22. The van der Waals surface area contributed by atoms with Crippen molar-refractivity contribution in [1.82, 2.24) is 0 Å². The monoisotopic (exact) mass is 202 g/mol. The maximum Gasteiger partial charge on any atom is 0.163 e. The number of ether oxygens (including phenoxy) is 3. The summed E-state index contributed by atoms with van der Waals surface area (Å²) >= 11 is 0. The van der Waals surface area contributed by atoms with Gasteiger partial charge in [0.15, 0.2) is 5.79 Å². The van der Waals surface area contributed by atoms with Crippen LogP contribution in [0.15, 0.2) is 12.7 Å². The summed E-state index contributed by atoms with van der Waals surface area (Å²) < 4.78 is 16.3. The maximum absolute atomic E-state index is 9.09. The van der Waals surface area contributed by atoms with Gasteiger partial charge in [-0.3, -0.25) is 0 Å². The van der Waals surface area contributed by atoms with Crippen LogP contribution in [0.2, 0.25) is 0 Å². The van der Waals surface area contributed by atoms with Gasteiger partial charge < -0.3 is 19.3 Å². The number of hydrogen-bond donors (Lipinski definition) is 1. The smallest absolute Gasteiger partial charge is 0.163 e. The van der Waals surface area contributed by atoms with E-state index in [9.17, 15) is 0 Å². The fourth-order valence-corrected chi connectivity index (χ4v) is 1.37. The summed E-state index contributed by atoms with van der Waals surface area (Å²) in [5.74, 6) is -0.574. The normalized spacial score (nSPS) is 27.5. The molecule has 0 spiro atoms. The van der Waals surface area contributed by atoms with E-state index in [-0.39, 0.29) is 18.8 Å². The molecule has 1 fully saturated rings. The molecule has 0 aromatic rings. The van der Waals surface area contributed by atoms with Crippen molar-refractivity contribution in [2.75, 3.05) is 19.8 Å². The molecule has 1 N–H and O–H groups in total. The van der Waals surface area contributed by atoms with Crippen molar-refractivity contribution < 1.29 is 19.3 Å². The molecule has 1 aliphatic rings. The van der Waals surface area contributed by atoms with Crippen molar-refractivity contribution in [3.8, 4) is 0 Å². The standard InChI is InChI=1S/C10H18O4/c1-4-5-12-8(6-11)9-7-13-10(2,3)14-9/h4,8-9,11H,1,5-7H2,2-3H3/t8-,9-/m0/s1. The van der Waals surface area contributed by atoms with Crippen molar-refractivity contribution in [2.45, 2.75) is 31.8 Å². The van der Waals surface area contributed by atoms with Crippen LogP contribution >= 0.6 is 0 Å². The van der Waals surface area contributed by atoms with Crippen LogP contribution in [0.25, 0.3) is 0 Å². The van der Waals surface area contributed by atoms with E-state index in [2.05, 4.69) is 6.58 Å². The van der Waals surface area contributed by atoms with E-state index in [1.54, 1.807) is 6.08 Å². The fraction of sp³-hybridized carbons (Fsp3) is 0.800. The van der Waals surface area contributed by atoms with E-state index in [0.29, 0.717) is 13.2 Å². The molecule has 1 rings (SSSR count). The van der Waals surface area contributed by atoms with Gasteiger partial charge in [0.2, 0.25) is 0 Å². The summed E-state index contributed by atoms with van der Waals surface area (Å²) in [6.07, 6.45) is 1.11. The zero-order valence-electron chi connectivity index (χ0n) is 8.73. The van der Waals surface area contributed by atoms with Crippen LogP contribution in [-0.4, -0.2) is 42.9 Å². The topological polar surface area (TPSA) is 47.9 Å². The first-order valence-corrected chi connectivity index (χ1v) is 4.74. The molecule has 0 amide bonds. The van der Waals surface area contributed by atoms with Gasteiger partial charge in [-0.15, -0.1) is 6.58 Å². The van der Waals surface area contributed by atoms with Crippen LogP contribution < -0.4 is 0 Å². The Morgan fingerprint density at radius 2 is 2.43 bits per heavy atom. The van der Waals surface area contributed by atoms with Crippen molar-refractivity contribution >= 4 is 0 Å². The van der Waals surface area contributed by atoms with Crippen molar-refractivity contribution in [1.29, 1.82) is 0 Å². The molecular formula is C10H18O4. The molecule has 1 aliphatic heterocycles. The molecule has 0 aromatic carbocycles. The van der Waals surface area contributed by atoms with Gasteiger partial charge in [0.25, 0.3) is 0 Å². The first-order chi connectivity index (χ1) is 6.59. The minimum atomic E-state index is -0.574. The highest BCUT2D eigenvalue weighted by Gasteiger charge is 2.37. The third-order valence-corrected chi connectivity index (χ3v) is 2.05. The maximum atomic E-state index is 9.09. The second-order valence-corrected chi connectivity index (χ2v) is 3.71. The summed E-state index contributed by atoms with van der Waals surface area (Å²) in [4.78, 5) is 0. The Morgan fingerprint density at radius 3 is 2.86 bits per heavy atom. The lowest BCUT2D eigenvalue weighted by Crippen LogP contribution is -2.35. The lowest BCUT2D eigenvalue weighted by atomic mass is 10.2. The van der Waals surface area contributed by atoms with Crippen LogP contribution in [-0.2, 0) is 14.2 Å². The van der Waals surface area contributed by atoms with E-state index in [1.165, 1.54) is 0 Å². The molecule has 0 radical (unpaired) electrons. The van der Waals surface area contributed by atoms with Crippen LogP contribution in [0.4, 0.5) is 0 Å². The fourth-order valence-electron chi connectivity index (χ4n) is 1.37. The van der Waals surface area contributed by atoms with Gasteiger partial charge >= 0.3 is 0 Å². The molecule has 0 unspecified atom stereocenters. The SMILES string of the molecule is C=CCO[C@@H](CO)[C@@H]1COC(C)(C)O1. The van der Waals surface area contributed by atoms with E-state index in [4.69, 9.17) is 19.3 Å². The summed E-state index contributed by atoms with van der Waals surface area (Å²) in [6, 6.07) is 0. The Labute approximate surface area is 84.5 Å². The van der Waals surface area contributed by atoms with E-state index in [0.717, 1.165) is 0 Å². The molecule has 2 atom stereocenters. The first-order valence-electron chi connectivity index (χ1n) is 4.74.